The molecule has 0 bridgehead atoms. The minimum Gasteiger partial charge on any atom is -0.347 e. The molecule has 1 aromatic carbocycles. The number of aromatic nitrogens is 3. The Morgan fingerprint density at radius 2 is 1.88 bits per heavy atom. The van der Waals surface area contributed by atoms with Crippen molar-refractivity contribution in [2.75, 3.05) is 5.32 Å². The summed E-state index contributed by atoms with van der Waals surface area (Å²) in [7, 11) is 0. The zero-order valence-electron chi connectivity index (χ0n) is 14.5. The minimum atomic E-state index is -0.279. The van der Waals surface area contributed by atoms with Gasteiger partial charge in [0.15, 0.2) is 0 Å². The maximum absolute atomic E-state index is 12.3. The molecule has 0 saturated heterocycles. The number of carbonyl (C=O) groups excluding carboxylic acids is 1. The zero-order chi connectivity index (χ0) is 18.5. The highest BCUT2D eigenvalue weighted by Crippen LogP contribution is 2.29. The van der Waals surface area contributed by atoms with Gasteiger partial charge in [0.1, 0.15) is 17.8 Å². The van der Waals surface area contributed by atoms with E-state index in [1.165, 1.54) is 6.33 Å². The summed E-state index contributed by atoms with van der Waals surface area (Å²) < 4.78 is 0. The molecule has 0 aliphatic carbocycles. The van der Waals surface area contributed by atoms with Crippen molar-refractivity contribution < 1.29 is 4.79 Å². The van der Waals surface area contributed by atoms with Crippen LogP contribution in [0.5, 0.6) is 0 Å². The molecule has 26 heavy (non-hydrogen) atoms. The molecule has 0 spiro atoms. The van der Waals surface area contributed by atoms with Gasteiger partial charge in [-0.3, -0.25) is 9.78 Å². The summed E-state index contributed by atoms with van der Waals surface area (Å²) in [5.74, 6) is 0.224. The highest BCUT2D eigenvalue weighted by atomic mass is 35.5. The SMILES string of the molecule is Cc1cc(C)c(Nc2cc(C(=O)NCc3ccncc3)ncn2)c(Cl)c1. The number of benzene rings is 1. The van der Waals surface area contributed by atoms with Gasteiger partial charge in [-0.2, -0.15) is 0 Å². The Hall–Kier alpha value is -2.99. The third-order valence-electron chi connectivity index (χ3n) is 3.79. The zero-order valence-corrected chi connectivity index (χ0v) is 15.2. The van der Waals surface area contributed by atoms with Crippen LogP contribution in [0.1, 0.15) is 27.2 Å². The second-order valence-electron chi connectivity index (χ2n) is 5.89. The highest BCUT2D eigenvalue weighted by Gasteiger charge is 2.11. The van der Waals surface area contributed by atoms with E-state index in [9.17, 15) is 4.79 Å². The Bertz CT molecular complexity index is 907. The number of anilines is 2. The summed E-state index contributed by atoms with van der Waals surface area (Å²) >= 11 is 6.31. The van der Waals surface area contributed by atoms with E-state index in [1.807, 2.05) is 38.1 Å². The van der Waals surface area contributed by atoms with E-state index in [1.54, 1.807) is 18.5 Å². The first-order chi connectivity index (χ1) is 12.5. The molecular weight excluding hydrogens is 350 g/mol. The smallest absolute Gasteiger partial charge is 0.270 e. The molecule has 2 heterocycles. The van der Waals surface area contributed by atoms with E-state index in [-0.39, 0.29) is 11.6 Å². The quantitative estimate of drug-likeness (QED) is 0.716. The molecule has 0 unspecified atom stereocenters. The summed E-state index contributed by atoms with van der Waals surface area (Å²) in [6, 6.07) is 9.18. The van der Waals surface area contributed by atoms with Crippen LogP contribution in [0.4, 0.5) is 11.5 Å². The molecule has 0 atom stereocenters. The summed E-state index contributed by atoms with van der Waals surface area (Å²) in [4.78, 5) is 24.5. The van der Waals surface area contributed by atoms with Crippen molar-refractivity contribution in [1.82, 2.24) is 20.3 Å². The van der Waals surface area contributed by atoms with Crippen molar-refractivity contribution in [3.63, 3.8) is 0 Å². The molecule has 0 aliphatic rings. The molecule has 6 nitrogen and oxygen atoms in total. The van der Waals surface area contributed by atoms with Crippen LogP contribution in [0.3, 0.4) is 0 Å². The highest BCUT2D eigenvalue weighted by molar-refractivity contribution is 6.33. The number of hydrogen-bond acceptors (Lipinski definition) is 5. The van der Waals surface area contributed by atoms with Crippen molar-refractivity contribution in [3.8, 4) is 0 Å². The lowest BCUT2D eigenvalue weighted by molar-refractivity contribution is 0.0946. The van der Waals surface area contributed by atoms with Gasteiger partial charge in [0.25, 0.3) is 5.91 Å². The number of halogens is 1. The predicted molar refractivity (Wildman–Crippen MR) is 102 cm³/mol. The lowest BCUT2D eigenvalue weighted by atomic mass is 10.1. The van der Waals surface area contributed by atoms with Crippen molar-refractivity contribution in [2.45, 2.75) is 20.4 Å². The van der Waals surface area contributed by atoms with Gasteiger partial charge < -0.3 is 10.6 Å². The van der Waals surface area contributed by atoms with Gasteiger partial charge in [-0.25, -0.2) is 9.97 Å². The Morgan fingerprint density at radius 1 is 1.12 bits per heavy atom. The number of aryl methyl sites for hydroxylation is 2. The fraction of sp³-hybridized carbons (Fsp3) is 0.158. The largest absolute Gasteiger partial charge is 0.347 e. The molecule has 0 saturated carbocycles. The summed E-state index contributed by atoms with van der Waals surface area (Å²) in [6.07, 6.45) is 4.71. The molecule has 0 fully saturated rings. The number of hydrogen-bond donors (Lipinski definition) is 2. The Morgan fingerprint density at radius 3 is 2.62 bits per heavy atom. The third-order valence-corrected chi connectivity index (χ3v) is 4.09. The van der Waals surface area contributed by atoms with E-state index >= 15 is 0 Å². The van der Waals surface area contributed by atoms with Crippen LogP contribution in [0, 0.1) is 13.8 Å². The molecule has 132 valence electrons. The first kappa shape index (κ1) is 17.8. The monoisotopic (exact) mass is 367 g/mol. The maximum Gasteiger partial charge on any atom is 0.270 e. The van der Waals surface area contributed by atoms with Gasteiger partial charge in [0.05, 0.1) is 10.7 Å². The number of carbonyl (C=O) groups is 1. The molecule has 2 aromatic heterocycles. The molecule has 7 heteroatoms. The van der Waals surface area contributed by atoms with Crippen molar-refractivity contribution in [3.05, 3.63) is 76.5 Å². The molecule has 0 radical (unpaired) electrons. The molecule has 2 N–H and O–H groups in total. The first-order valence-electron chi connectivity index (χ1n) is 8.06. The van der Waals surface area contributed by atoms with Crippen LogP contribution in [0.25, 0.3) is 0 Å². The number of amides is 1. The van der Waals surface area contributed by atoms with Gasteiger partial charge in [-0.15, -0.1) is 0 Å². The van der Waals surface area contributed by atoms with Crippen LogP contribution in [-0.4, -0.2) is 20.9 Å². The van der Waals surface area contributed by atoms with Gasteiger partial charge in [0, 0.05) is 25.0 Å². The Balaban J connectivity index is 1.73. The fourth-order valence-corrected chi connectivity index (χ4v) is 2.89. The maximum atomic E-state index is 12.3. The minimum absolute atomic E-state index is 0.275. The second kappa shape index (κ2) is 7.93. The standard InChI is InChI=1S/C19H18ClN5O/c1-12-7-13(2)18(15(20)8-12)25-17-9-16(23-11-24-17)19(26)22-10-14-3-5-21-6-4-14/h3-9,11H,10H2,1-2H3,(H,22,26)(H,23,24,25). The van der Waals surface area contributed by atoms with Crippen molar-refractivity contribution in [2.24, 2.45) is 0 Å². The average molecular weight is 368 g/mol. The lowest BCUT2D eigenvalue weighted by Gasteiger charge is -2.12. The molecular formula is C19H18ClN5O. The first-order valence-corrected chi connectivity index (χ1v) is 8.43. The Kier molecular flexibility index (Phi) is 5.43. The average Bonchev–Trinajstić information content (AvgIpc) is 2.64. The summed E-state index contributed by atoms with van der Waals surface area (Å²) in [5.41, 5.74) is 4.08. The topological polar surface area (TPSA) is 79.8 Å². The van der Waals surface area contributed by atoms with E-state index in [0.717, 1.165) is 22.4 Å². The van der Waals surface area contributed by atoms with E-state index in [2.05, 4.69) is 25.6 Å². The normalized spacial score (nSPS) is 10.4. The molecule has 3 aromatic rings. The lowest BCUT2D eigenvalue weighted by Crippen LogP contribution is -2.24. The van der Waals surface area contributed by atoms with E-state index in [4.69, 9.17) is 11.6 Å². The number of rotatable bonds is 5. The Labute approximate surface area is 156 Å². The number of nitrogens with zero attached hydrogens (tertiary/aromatic N) is 3. The van der Waals surface area contributed by atoms with Crippen LogP contribution in [0.15, 0.2) is 49.1 Å². The van der Waals surface area contributed by atoms with Gasteiger partial charge in [-0.05, 0) is 48.7 Å². The van der Waals surface area contributed by atoms with Crippen molar-refractivity contribution in [1.29, 1.82) is 0 Å². The van der Waals surface area contributed by atoms with Gasteiger partial charge >= 0.3 is 0 Å². The number of nitrogens with one attached hydrogen (secondary N) is 2. The third kappa shape index (κ3) is 4.34. The summed E-state index contributed by atoms with van der Waals surface area (Å²) in [6.45, 7) is 4.35. The van der Waals surface area contributed by atoms with E-state index < -0.39 is 0 Å². The van der Waals surface area contributed by atoms with Gasteiger partial charge in [0.2, 0.25) is 0 Å². The van der Waals surface area contributed by atoms with Crippen molar-refractivity contribution >= 4 is 29.0 Å². The molecule has 0 aliphatic heterocycles. The second-order valence-corrected chi connectivity index (χ2v) is 6.30. The van der Waals surface area contributed by atoms with Gasteiger partial charge in [-0.1, -0.05) is 17.7 Å². The van der Waals surface area contributed by atoms with Crippen LogP contribution < -0.4 is 10.6 Å². The van der Waals surface area contributed by atoms with Crippen LogP contribution >= 0.6 is 11.6 Å². The van der Waals surface area contributed by atoms with Crippen LogP contribution in [0.2, 0.25) is 5.02 Å². The number of pyridine rings is 1. The van der Waals surface area contributed by atoms with E-state index in [0.29, 0.717) is 17.4 Å². The fourth-order valence-electron chi connectivity index (χ4n) is 2.53. The predicted octanol–water partition coefficient (Wildman–Crippen LogP) is 3.82. The summed E-state index contributed by atoms with van der Waals surface area (Å²) in [5, 5.41) is 6.59. The molecule has 1 amide bonds. The molecule has 3 rings (SSSR count). The van der Waals surface area contributed by atoms with Crippen LogP contribution in [-0.2, 0) is 6.54 Å².